The van der Waals surface area contributed by atoms with Gasteiger partial charge in [-0.25, -0.2) is 4.98 Å². The van der Waals surface area contributed by atoms with Crippen molar-refractivity contribution >= 4 is 22.6 Å². The van der Waals surface area contributed by atoms with Crippen molar-refractivity contribution in [1.29, 1.82) is 0 Å². The van der Waals surface area contributed by atoms with Gasteiger partial charge < -0.3 is 9.47 Å². The van der Waals surface area contributed by atoms with E-state index >= 15 is 0 Å². The van der Waals surface area contributed by atoms with Crippen LogP contribution in [0.4, 0.5) is 5.69 Å². The summed E-state index contributed by atoms with van der Waals surface area (Å²) in [6.07, 6.45) is 1.66. The number of hydrogen-bond acceptors (Lipinski definition) is 2. The molecule has 1 aliphatic heterocycles. The molecule has 4 nitrogen and oxygen atoms in total. The Labute approximate surface area is 160 Å². The number of carbonyl (C=O) groups is 1. The quantitative estimate of drug-likeness (QED) is 0.647. The van der Waals surface area contributed by atoms with Gasteiger partial charge in [0.2, 0.25) is 5.91 Å². The van der Waals surface area contributed by atoms with Gasteiger partial charge in [-0.15, -0.1) is 0 Å². The van der Waals surface area contributed by atoms with Crippen LogP contribution in [-0.4, -0.2) is 22.0 Å². The maximum Gasteiger partial charge on any atom is 0.227 e. The Morgan fingerprint density at radius 2 is 1.89 bits per heavy atom. The van der Waals surface area contributed by atoms with E-state index in [1.54, 1.807) is 0 Å². The maximum atomic E-state index is 12.8. The number of aromatic nitrogens is 2. The maximum absolute atomic E-state index is 12.8. The Morgan fingerprint density at radius 3 is 2.67 bits per heavy atom. The topological polar surface area (TPSA) is 38.1 Å². The fraction of sp³-hybridized carbons (Fsp3) is 0.391. The fourth-order valence-corrected chi connectivity index (χ4v) is 4.02. The lowest BCUT2D eigenvalue weighted by molar-refractivity contribution is -0.117. The Hall–Kier alpha value is -2.62. The predicted molar refractivity (Wildman–Crippen MR) is 110 cm³/mol. The van der Waals surface area contributed by atoms with E-state index in [-0.39, 0.29) is 11.8 Å². The van der Waals surface area contributed by atoms with Crippen molar-refractivity contribution in [2.45, 2.75) is 46.1 Å². The molecule has 2 heterocycles. The van der Waals surface area contributed by atoms with Crippen LogP contribution in [0.1, 0.15) is 44.0 Å². The molecule has 1 fully saturated rings. The second-order valence-corrected chi connectivity index (χ2v) is 7.77. The number of anilines is 1. The summed E-state index contributed by atoms with van der Waals surface area (Å²) in [4.78, 5) is 19.7. The van der Waals surface area contributed by atoms with Crippen LogP contribution < -0.4 is 4.90 Å². The van der Waals surface area contributed by atoms with Gasteiger partial charge in [0.05, 0.1) is 11.0 Å². The van der Waals surface area contributed by atoms with Crippen LogP contribution in [0.3, 0.4) is 0 Å². The third-order valence-electron chi connectivity index (χ3n) is 5.77. The molecule has 0 N–H and O–H groups in total. The van der Waals surface area contributed by atoms with Crippen molar-refractivity contribution in [3.8, 4) is 0 Å². The number of aryl methyl sites for hydroxylation is 1. The zero-order valence-corrected chi connectivity index (χ0v) is 16.4. The van der Waals surface area contributed by atoms with Gasteiger partial charge in [-0.2, -0.15) is 0 Å². The lowest BCUT2D eigenvalue weighted by Crippen LogP contribution is -2.25. The molecule has 0 bridgehead atoms. The van der Waals surface area contributed by atoms with Crippen LogP contribution >= 0.6 is 0 Å². The molecule has 0 saturated carbocycles. The predicted octanol–water partition coefficient (Wildman–Crippen LogP) is 4.91. The molecule has 0 unspecified atom stereocenters. The molecule has 27 heavy (non-hydrogen) atoms. The number of nitrogens with zero attached hydrogens (tertiary/aromatic N) is 3. The molecule has 1 aromatic heterocycles. The number of carbonyl (C=O) groups excluding carboxylic acids is 1. The molecule has 140 valence electrons. The van der Waals surface area contributed by atoms with Crippen molar-refractivity contribution in [3.63, 3.8) is 0 Å². The first-order chi connectivity index (χ1) is 13.1. The van der Waals surface area contributed by atoms with Gasteiger partial charge in [0, 0.05) is 31.1 Å². The normalized spacial score (nSPS) is 18.4. The van der Waals surface area contributed by atoms with Crippen LogP contribution in [0.5, 0.6) is 0 Å². The Kier molecular flexibility index (Phi) is 4.73. The molecule has 4 rings (SSSR count). The first-order valence-electron chi connectivity index (χ1n) is 9.89. The van der Waals surface area contributed by atoms with Gasteiger partial charge in [-0.3, -0.25) is 4.79 Å². The number of rotatable bonds is 5. The largest absolute Gasteiger partial charge is 0.327 e. The molecule has 3 aromatic rings. The molecular weight excluding hydrogens is 334 g/mol. The van der Waals surface area contributed by atoms with E-state index in [1.807, 2.05) is 29.2 Å². The number of para-hydroxylation sites is 3. The van der Waals surface area contributed by atoms with E-state index in [1.165, 1.54) is 5.52 Å². The summed E-state index contributed by atoms with van der Waals surface area (Å²) in [5.74, 6) is 1.96. The van der Waals surface area contributed by atoms with E-state index < -0.39 is 0 Å². The van der Waals surface area contributed by atoms with Crippen LogP contribution in [0, 0.1) is 12.8 Å². The number of benzene rings is 2. The lowest BCUT2D eigenvalue weighted by Gasteiger charge is -2.20. The Balaban J connectivity index is 1.71. The smallest absolute Gasteiger partial charge is 0.227 e. The summed E-state index contributed by atoms with van der Waals surface area (Å²) >= 11 is 0. The number of hydrogen-bond donors (Lipinski definition) is 0. The molecule has 1 amide bonds. The fourth-order valence-electron chi connectivity index (χ4n) is 4.02. The Bertz CT molecular complexity index is 975. The molecule has 4 heteroatoms. The Morgan fingerprint density at radius 1 is 1.15 bits per heavy atom. The molecule has 1 saturated heterocycles. The van der Waals surface area contributed by atoms with Crippen molar-refractivity contribution in [2.24, 2.45) is 5.92 Å². The summed E-state index contributed by atoms with van der Waals surface area (Å²) in [6.45, 7) is 8.21. The average molecular weight is 361 g/mol. The minimum Gasteiger partial charge on any atom is -0.327 e. The monoisotopic (exact) mass is 361 g/mol. The van der Waals surface area contributed by atoms with E-state index in [0.717, 1.165) is 35.6 Å². The zero-order chi connectivity index (χ0) is 19.0. The second kappa shape index (κ2) is 7.18. The van der Waals surface area contributed by atoms with E-state index in [9.17, 15) is 4.79 Å². The van der Waals surface area contributed by atoms with E-state index in [0.29, 0.717) is 18.9 Å². The van der Waals surface area contributed by atoms with Crippen molar-refractivity contribution in [1.82, 2.24) is 9.55 Å². The van der Waals surface area contributed by atoms with Gasteiger partial charge in [-0.1, -0.05) is 50.6 Å². The number of imidazole rings is 1. The highest BCUT2D eigenvalue weighted by Gasteiger charge is 2.35. The molecule has 0 aliphatic carbocycles. The molecule has 1 aliphatic rings. The van der Waals surface area contributed by atoms with Crippen LogP contribution in [0.25, 0.3) is 11.0 Å². The highest BCUT2D eigenvalue weighted by molar-refractivity contribution is 5.97. The van der Waals surface area contributed by atoms with E-state index in [2.05, 4.69) is 49.6 Å². The number of fused-ring (bicyclic) bond motifs is 1. The first kappa shape index (κ1) is 17.8. The minimum atomic E-state index is 0.133. The second-order valence-electron chi connectivity index (χ2n) is 7.77. The summed E-state index contributed by atoms with van der Waals surface area (Å²) in [7, 11) is 0. The van der Waals surface area contributed by atoms with Crippen LogP contribution in [-0.2, 0) is 11.3 Å². The zero-order valence-electron chi connectivity index (χ0n) is 16.4. The van der Waals surface area contributed by atoms with Crippen LogP contribution in [0.2, 0.25) is 0 Å². The van der Waals surface area contributed by atoms with Gasteiger partial charge in [0.1, 0.15) is 5.82 Å². The third kappa shape index (κ3) is 3.25. The van der Waals surface area contributed by atoms with Gasteiger partial charge in [0.25, 0.3) is 0 Å². The SMILES string of the molecule is CC[C@@H](C)Cn1c([C@H]2CC(=O)N(c3ccccc3C)C2)nc2ccccc21. The minimum absolute atomic E-state index is 0.133. The van der Waals surface area contributed by atoms with E-state index in [4.69, 9.17) is 4.98 Å². The van der Waals surface area contributed by atoms with Gasteiger partial charge in [0.15, 0.2) is 0 Å². The third-order valence-corrected chi connectivity index (χ3v) is 5.77. The molecule has 2 atom stereocenters. The van der Waals surface area contributed by atoms with Crippen molar-refractivity contribution < 1.29 is 4.79 Å². The molecule has 0 spiro atoms. The van der Waals surface area contributed by atoms with Crippen molar-refractivity contribution in [3.05, 3.63) is 59.9 Å². The molecular formula is C23H27N3O. The molecule has 2 aromatic carbocycles. The lowest BCUT2D eigenvalue weighted by atomic mass is 10.1. The summed E-state index contributed by atoms with van der Waals surface area (Å²) < 4.78 is 2.35. The summed E-state index contributed by atoms with van der Waals surface area (Å²) in [5, 5.41) is 0. The highest BCUT2D eigenvalue weighted by atomic mass is 16.2. The van der Waals surface area contributed by atoms with Crippen molar-refractivity contribution in [2.75, 3.05) is 11.4 Å². The summed E-state index contributed by atoms with van der Waals surface area (Å²) in [5.41, 5.74) is 4.36. The van der Waals surface area contributed by atoms with Gasteiger partial charge in [-0.05, 0) is 36.6 Å². The highest BCUT2D eigenvalue weighted by Crippen LogP contribution is 2.34. The van der Waals surface area contributed by atoms with Crippen LogP contribution in [0.15, 0.2) is 48.5 Å². The number of amides is 1. The van der Waals surface area contributed by atoms with Gasteiger partial charge >= 0.3 is 0 Å². The summed E-state index contributed by atoms with van der Waals surface area (Å²) in [6, 6.07) is 16.4. The standard InChI is InChI=1S/C23H27N3O/c1-4-16(2)14-26-21-12-8-6-10-19(21)24-23(26)18-13-22(27)25(15-18)20-11-7-5-9-17(20)3/h5-12,16,18H,4,13-15H2,1-3H3/t16-,18+/m1/s1. The first-order valence-corrected chi connectivity index (χ1v) is 9.89. The average Bonchev–Trinajstić information content (AvgIpc) is 3.23. The molecule has 0 radical (unpaired) electrons.